The molecule has 102 valence electrons. The summed E-state index contributed by atoms with van der Waals surface area (Å²) in [6.45, 7) is 0. The predicted molar refractivity (Wildman–Crippen MR) is 75.8 cm³/mol. The zero-order chi connectivity index (χ0) is 14.5. The lowest BCUT2D eigenvalue weighted by atomic mass is 10.3. The van der Waals surface area contributed by atoms with Gasteiger partial charge in [-0.15, -0.1) is 0 Å². The van der Waals surface area contributed by atoms with Crippen LogP contribution < -0.4 is 10.6 Å². The Labute approximate surface area is 124 Å². The Morgan fingerprint density at radius 1 is 0.950 bits per heavy atom. The molecule has 1 aromatic carbocycles. The van der Waals surface area contributed by atoms with Crippen LogP contribution in [0.25, 0.3) is 0 Å². The Hall–Kier alpha value is -2.18. The van der Waals surface area contributed by atoms with E-state index in [2.05, 4.69) is 20.6 Å². The topological polar surface area (TPSA) is 84.0 Å². The van der Waals surface area contributed by atoms with E-state index in [9.17, 15) is 9.59 Å². The maximum absolute atomic E-state index is 11.7. The van der Waals surface area contributed by atoms with Crippen LogP contribution >= 0.6 is 23.2 Å². The second-order valence-corrected chi connectivity index (χ2v) is 4.42. The van der Waals surface area contributed by atoms with Crippen LogP contribution in [0.3, 0.4) is 0 Å². The average molecular weight is 311 g/mol. The molecule has 0 unspecified atom stereocenters. The monoisotopic (exact) mass is 310 g/mol. The van der Waals surface area contributed by atoms with E-state index in [-0.39, 0.29) is 11.0 Å². The number of carbonyl (C=O) groups is 2. The van der Waals surface area contributed by atoms with Gasteiger partial charge < -0.3 is 5.32 Å². The molecule has 0 bridgehead atoms. The van der Waals surface area contributed by atoms with Crippen molar-refractivity contribution >= 4 is 46.7 Å². The zero-order valence-electron chi connectivity index (χ0n) is 9.93. The molecule has 2 aromatic rings. The molecule has 1 aromatic heterocycles. The van der Waals surface area contributed by atoms with Crippen molar-refractivity contribution in [1.82, 2.24) is 9.97 Å². The van der Waals surface area contributed by atoms with E-state index in [0.29, 0.717) is 10.7 Å². The lowest BCUT2D eigenvalue weighted by Crippen LogP contribution is -2.29. The molecule has 1 heterocycles. The molecular formula is C12H8Cl2N4O2. The van der Waals surface area contributed by atoms with Crippen molar-refractivity contribution in [2.75, 3.05) is 10.6 Å². The van der Waals surface area contributed by atoms with Gasteiger partial charge in [0.15, 0.2) is 0 Å². The summed E-state index contributed by atoms with van der Waals surface area (Å²) in [6, 6.07) is 6.07. The van der Waals surface area contributed by atoms with E-state index in [1.165, 1.54) is 30.6 Å². The van der Waals surface area contributed by atoms with Gasteiger partial charge in [0.25, 0.3) is 0 Å². The Kier molecular flexibility index (Phi) is 4.49. The number of nitrogens with one attached hydrogen (secondary N) is 2. The quantitative estimate of drug-likeness (QED) is 0.834. The Morgan fingerprint density at radius 3 is 2.25 bits per heavy atom. The maximum Gasteiger partial charge on any atom is 0.316 e. The second kappa shape index (κ2) is 6.31. The number of halogens is 2. The Bertz CT molecular complexity index is 649. The molecule has 0 aliphatic heterocycles. The summed E-state index contributed by atoms with van der Waals surface area (Å²) in [5.41, 5.74) is 0.355. The van der Waals surface area contributed by atoms with Crippen molar-refractivity contribution in [2.45, 2.75) is 0 Å². The van der Waals surface area contributed by atoms with Crippen molar-refractivity contribution < 1.29 is 9.59 Å². The van der Waals surface area contributed by atoms with Gasteiger partial charge in [-0.2, -0.15) is 0 Å². The van der Waals surface area contributed by atoms with Crippen LogP contribution in [0.2, 0.25) is 10.0 Å². The fraction of sp³-hybridized carbons (Fsp3) is 0. The molecule has 0 aliphatic rings. The van der Waals surface area contributed by atoms with Gasteiger partial charge in [0.2, 0.25) is 5.95 Å². The summed E-state index contributed by atoms with van der Waals surface area (Å²) in [6.07, 6.45) is 2.89. The number of hydrogen-bond donors (Lipinski definition) is 2. The van der Waals surface area contributed by atoms with Gasteiger partial charge in [-0.3, -0.25) is 14.9 Å². The molecule has 0 fully saturated rings. The lowest BCUT2D eigenvalue weighted by Gasteiger charge is -2.06. The standard InChI is InChI=1S/C12H8Cl2N4O2/c13-8-3-2-7(6-9(8)14)17-10(19)11(20)18-12-15-4-1-5-16-12/h1-6H,(H,17,19)(H,15,16,18,20). The van der Waals surface area contributed by atoms with Gasteiger partial charge in [-0.25, -0.2) is 9.97 Å². The highest BCUT2D eigenvalue weighted by Crippen LogP contribution is 2.24. The number of rotatable bonds is 2. The van der Waals surface area contributed by atoms with E-state index in [1.54, 1.807) is 6.07 Å². The van der Waals surface area contributed by atoms with Crippen LogP contribution in [0.15, 0.2) is 36.7 Å². The molecular weight excluding hydrogens is 303 g/mol. The molecule has 0 aliphatic carbocycles. The van der Waals surface area contributed by atoms with Gasteiger partial charge >= 0.3 is 11.8 Å². The number of amides is 2. The van der Waals surface area contributed by atoms with E-state index in [4.69, 9.17) is 23.2 Å². The predicted octanol–water partition coefficient (Wildman–Crippen LogP) is 2.36. The molecule has 0 atom stereocenters. The van der Waals surface area contributed by atoms with Crippen LogP contribution in [-0.2, 0) is 9.59 Å². The van der Waals surface area contributed by atoms with Crippen LogP contribution in [0.5, 0.6) is 0 Å². The largest absolute Gasteiger partial charge is 0.318 e. The summed E-state index contributed by atoms with van der Waals surface area (Å²) < 4.78 is 0. The minimum absolute atomic E-state index is 0.0433. The molecule has 0 spiro atoms. The second-order valence-electron chi connectivity index (χ2n) is 3.61. The van der Waals surface area contributed by atoms with Gasteiger partial charge in [-0.1, -0.05) is 23.2 Å². The highest BCUT2D eigenvalue weighted by Gasteiger charge is 2.15. The SMILES string of the molecule is O=C(Nc1ccc(Cl)c(Cl)c1)C(=O)Nc1ncccn1. The number of hydrogen-bond acceptors (Lipinski definition) is 4. The summed E-state index contributed by atoms with van der Waals surface area (Å²) in [5.74, 6) is -1.71. The number of carbonyl (C=O) groups excluding carboxylic acids is 2. The molecule has 2 rings (SSSR count). The van der Waals surface area contributed by atoms with E-state index in [1.807, 2.05) is 0 Å². The third kappa shape index (κ3) is 3.66. The van der Waals surface area contributed by atoms with Crippen molar-refractivity contribution in [3.63, 3.8) is 0 Å². The third-order valence-electron chi connectivity index (χ3n) is 2.17. The first kappa shape index (κ1) is 14.2. The fourth-order valence-electron chi connectivity index (χ4n) is 1.28. The molecule has 8 heteroatoms. The van der Waals surface area contributed by atoms with E-state index >= 15 is 0 Å². The zero-order valence-corrected chi connectivity index (χ0v) is 11.4. The van der Waals surface area contributed by atoms with Crippen molar-refractivity contribution in [3.05, 3.63) is 46.7 Å². The fourth-order valence-corrected chi connectivity index (χ4v) is 1.58. The lowest BCUT2D eigenvalue weighted by molar-refractivity contribution is -0.133. The molecule has 20 heavy (non-hydrogen) atoms. The first-order valence-corrected chi connectivity index (χ1v) is 6.16. The van der Waals surface area contributed by atoms with Gasteiger partial charge in [0.1, 0.15) is 0 Å². The first-order chi connectivity index (χ1) is 9.56. The van der Waals surface area contributed by atoms with Crippen molar-refractivity contribution in [3.8, 4) is 0 Å². The van der Waals surface area contributed by atoms with Crippen LogP contribution in [0, 0.1) is 0 Å². The van der Waals surface area contributed by atoms with Gasteiger partial charge in [0.05, 0.1) is 10.0 Å². The van der Waals surface area contributed by atoms with Gasteiger partial charge in [-0.05, 0) is 24.3 Å². The molecule has 0 saturated carbocycles. The maximum atomic E-state index is 11.7. The Morgan fingerprint density at radius 2 is 1.60 bits per heavy atom. The molecule has 6 nitrogen and oxygen atoms in total. The Balaban J connectivity index is 2.01. The smallest absolute Gasteiger partial charge is 0.316 e. The molecule has 2 amide bonds. The molecule has 0 radical (unpaired) electrons. The average Bonchev–Trinajstić information content (AvgIpc) is 2.44. The summed E-state index contributed by atoms with van der Waals surface area (Å²) in [5, 5.41) is 5.26. The van der Waals surface area contributed by atoms with Crippen molar-refractivity contribution in [2.24, 2.45) is 0 Å². The number of anilines is 2. The first-order valence-electron chi connectivity index (χ1n) is 5.40. The van der Waals surface area contributed by atoms with Crippen LogP contribution in [0.4, 0.5) is 11.6 Å². The van der Waals surface area contributed by atoms with Crippen molar-refractivity contribution in [1.29, 1.82) is 0 Å². The van der Waals surface area contributed by atoms with E-state index in [0.717, 1.165) is 0 Å². The normalized spacial score (nSPS) is 9.90. The number of aromatic nitrogens is 2. The van der Waals surface area contributed by atoms with Crippen LogP contribution in [0.1, 0.15) is 0 Å². The summed E-state index contributed by atoms with van der Waals surface area (Å²) >= 11 is 11.5. The minimum Gasteiger partial charge on any atom is -0.318 e. The molecule has 2 N–H and O–H groups in total. The number of nitrogens with zero attached hydrogens (tertiary/aromatic N) is 2. The van der Waals surface area contributed by atoms with Crippen LogP contribution in [-0.4, -0.2) is 21.8 Å². The highest BCUT2D eigenvalue weighted by atomic mass is 35.5. The highest BCUT2D eigenvalue weighted by molar-refractivity contribution is 6.44. The third-order valence-corrected chi connectivity index (χ3v) is 2.91. The summed E-state index contributed by atoms with van der Waals surface area (Å²) in [4.78, 5) is 30.8. The number of benzene rings is 1. The van der Waals surface area contributed by atoms with E-state index < -0.39 is 11.8 Å². The van der Waals surface area contributed by atoms with Gasteiger partial charge in [0, 0.05) is 18.1 Å². The summed E-state index contributed by atoms with van der Waals surface area (Å²) in [7, 11) is 0. The molecule has 0 saturated heterocycles. The minimum atomic E-state index is -0.887.